The molecule has 4 atom stereocenters. The smallest absolute Gasteiger partial charge is 0.317 e. The lowest BCUT2D eigenvalue weighted by atomic mass is 9.61. The van der Waals surface area contributed by atoms with Crippen LogP contribution in [-0.4, -0.2) is 40.6 Å². The molecule has 0 aromatic heterocycles. The van der Waals surface area contributed by atoms with Crippen LogP contribution in [0.4, 0.5) is 0 Å². The zero-order chi connectivity index (χ0) is 21.2. The third-order valence-corrected chi connectivity index (χ3v) is 4.99. The van der Waals surface area contributed by atoms with Crippen molar-refractivity contribution in [3.63, 3.8) is 0 Å². The van der Waals surface area contributed by atoms with E-state index in [1.807, 2.05) is 0 Å². The Labute approximate surface area is 170 Å². The molecule has 0 unspecified atom stereocenters. The van der Waals surface area contributed by atoms with Crippen molar-refractivity contribution in [2.45, 2.75) is 64.8 Å². The molecular weight excluding hydrogens is 384 g/mol. The number of hydrogen-bond acceptors (Lipinski definition) is 6. The first-order valence-corrected chi connectivity index (χ1v) is 9.73. The molecule has 28 heavy (non-hydrogen) atoms. The third-order valence-electron chi connectivity index (χ3n) is 4.73. The van der Waals surface area contributed by atoms with E-state index in [1.165, 1.54) is 6.92 Å². The van der Waals surface area contributed by atoms with Crippen LogP contribution in [0.3, 0.4) is 0 Å². The van der Waals surface area contributed by atoms with Crippen molar-refractivity contribution >= 4 is 29.3 Å². The highest BCUT2D eigenvalue weighted by atomic mass is 35.5. The molecule has 2 rings (SSSR count). The topological polar surface area (TPSA) is 89.9 Å². The fourth-order valence-corrected chi connectivity index (χ4v) is 3.84. The summed E-state index contributed by atoms with van der Waals surface area (Å²) in [5.41, 5.74) is -1.13. The van der Waals surface area contributed by atoms with Crippen molar-refractivity contribution < 1.29 is 29.0 Å². The summed E-state index contributed by atoms with van der Waals surface area (Å²) in [7, 11) is 0. The number of halogens is 1. The van der Waals surface area contributed by atoms with Gasteiger partial charge in [-0.1, -0.05) is 23.7 Å². The van der Waals surface area contributed by atoms with Gasteiger partial charge < -0.3 is 14.6 Å². The lowest BCUT2D eigenvalue weighted by Gasteiger charge is -2.44. The molecule has 0 saturated heterocycles. The van der Waals surface area contributed by atoms with E-state index in [-0.39, 0.29) is 6.42 Å². The van der Waals surface area contributed by atoms with Crippen LogP contribution >= 0.6 is 11.6 Å². The molecular formula is C21H27ClO6. The number of carbonyl (C=O) groups is 3. The van der Waals surface area contributed by atoms with E-state index in [9.17, 15) is 19.5 Å². The Hall–Kier alpha value is -1.92. The summed E-state index contributed by atoms with van der Waals surface area (Å²) < 4.78 is 10.7. The Morgan fingerprint density at radius 1 is 1.07 bits per heavy atom. The summed E-state index contributed by atoms with van der Waals surface area (Å²) in [6.07, 6.45) is -1.17. The maximum atomic E-state index is 12.9. The average molecular weight is 411 g/mol. The minimum absolute atomic E-state index is 0.340. The van der Waals surface area contributed by atoms with E-state index in [0.717, 1.165) is 0 Å². The quantitative estimate of drug-likeness (QED) is 0.591. The standard InChI is InChI=1S/C21H27ClO6/c1-11(2)27-19(24)17-15(23)10-21(5,26)18(20(25)28-12(3)4)16(17)13-6-8-14(22)9-7-13/h6-9,11-12,16-18,26H,10H2,1-5H3/t16-,17-,18-,21-/m1/s1. The molecule has 1 aliphatic rings. The van der Waals surface area contributed by atoms with E-state index in [0.29, 0.717) is 10.6 Å². The molecule has 1 aromatic carbocycles. The van der Waals surface area contributed by atoms with Crippen LogP contribution in [0.25, 0.3) is 0 Å². The summed E-state index contributed by atoms with van der Waals surface area (Å²) >= 11 is 5.97. The molecule has 0 bridgehead atoms. The highest BCUT2D eigenvalue weighted by Gasteiger charge is 2.57. The number of ketones is 1. The Morgan fingerprint density at radius 2 is 1.57 bits per heavy atom. The predicted octanol–water partition coefficient (Wildman–Crippen LogP) is 3.28. The van der Waals surface area contributed by atoms with Crippen molar-refractivity contribution in [2.24, 2.45) is 11.8 Å². The van der Waals surface area contributed by atoms with Crippen molar-refractivity contribution in [1.82, 2.24) is 0 Å². The van der Waals surface area contributed by atoms with Crippen LogP contribution in [0.15, 0.2) is 24.3 Å². The SMILES string of the molecule is CC(C)OC(=O)[C@@H]1C(=O)C[C@@](C)(O)[C@@H](C(=O)OC(C)C)[C@@H]1c1ccc(Cl)cc1. The number of aliphatic hydroxyl groups is 1. The first kappa shape index (κ1) is 22.4. The third kappa shape index (κ3) is 4.92. The second-order valence-corrected chi connectivity index (χ2v) is 8.44. The number of rotatable bonds is 5. The van der Waals surface area contributed by atoms with Crippen molar-refractivity contribution in [1.29, 1.82) is 0 Å². The molecule has 1 N–H and O–H groups in total. The zero-order valence-electron chi connectivity index (χ0n) is 16.8. The van der Waals surface area contributed by atoms with Gasteiger partial charge >= 0.3 is 11.9 Å². The minimum atomic E-state index is -1.66. The Balaban J connectivity index is 2.59. The highest BCUT2D eigenvalue weighted by molar-refractivity contribution is 6.30. The van der Waals surface area contributed by atoms with Crippen molar-refractivity contribution in [3.05, 3.63) is 34.9 Å². The summed E-state index contributed by atoms with van der Waals surface area (Å²) in [5.74, 6) is -5.09. The van der Waals surface area contributed by atoms with Gasteiger partial charge in [0.25, 0.3) is 0 Å². The normalized spacial score (nSPS) is 27.8. The Bertz CT molecular complexity index is 730. The van der Waals surface area contributed by atoms with E-state index >= 15 is 0 Å². The molecule has 1 saturated carbocycles. The van der Waals surface area contributed by atoms with Gasteiger partial charge in [0.1, 0.15) is 5.92 Å². The summed E-state index contributed by atoms with van der Waals surface area (Å²) in [6, 6.07) is 6.51. The maximum Gasteiger partial charge on any atom is 0.317 e. The van der Waals surface area contributed by atoms with Gasteiger partial charge in [-0.15, -0.1) is 0 Å². The lowest BCUT2D eigenvalue weighted by Crippen LogP contribution is -2.55. The van der Waals surface area contributed by atoms with Crippen LogP contribution in [0.2, 0.25) is 5.02 Å². The van der Waals surface area contributed by atoms with E-state index in [4.69, 9.17) is 21.1 Å². The average Bonchev–Trinajstić information content (AvgIpc) is 2.52. The molecule has 1 fully saturated rings. The highest BCUT2D eigenvalue weighted by Crippen LogP contribution is 2.47. The van der Waals surface area contributed by atoms with Gasteiger partial charge in [-0.25, -0.2) is 0 Å². The molecule has 0 radical (unpaired) electrons. The van der Waals surface area contributed by atoms with Gasteiger partial charge in [0.05, 0.1) is 23.7 Å². The van der Waals surface area contributed by atoms with Crippen LogP contribution in [-0.2, 0) is 23.9 Å². The molecule has 0 heterocycles. The summed E-state index contributed by atoms with van der Waals surface area (Å²) in [6.45, 7) is 8.18. The number of carbonyl (C=O) groups excluding carboxylic acids is 3. The molecule has 7 heteroatoms. The van der Waals surface area contributed by atoms with Crippen LogP contribution in [0, 0.1) is 11.8 Å². The maximum absolute atomic E-state index is 12.9. The first-order chi connectivity index (χ1) is 12.9. The van der Waals surface area contributed by atoms with Gasteiger partial charge in [0.15, 0.2) is 5.78 Å². The number of ether oxygens (including phenoxy) is 2. The van der Waals surface area contributed by atoms with E-state index in [2.05, 4.69) is 0 Å². The second kappa shape index (κ2) is 8.62. The van der Waals surface area contributed by atoms with Crippen LogP contribution < -0.4 is 0 Å². The van der Waals surface area contributed by atoms with E-state index in [1.54, 1.807) is 52.0 Å². The molecule has 0 spiro atoms. The summed E-state index contributed by atoms with van der Waals surface area (Å²) in [5, 5.41) is 11.4. The summed E-state index contributed by atoms with van der Waals surface area (Å²) in [4.78, 5) is 38.5. The van der Waals surface area contributed by atoms with Gasteiger partial charge in [-0.05, 0) is 52.3 Å². The largest absolute Gasteiger partial charge is 0.463 e. The van der Waals surface area contributed by atoms with Crippen LogP contribution in [0.1, 0.15) is 52.5 Å². The van der Waals surface area contributed by atoms with Crippen molar-refractivity contribution in [2.75, 3.05) is 0 Å². The molecule has 0 aliphatic heterocycles. The first-order valence-electron chi connectivity index (χ1n) is 9.35. The minimum Gasteiger partial charge on any atom is -0.463 e. The lowest BCUT2D eigenvalue weighted by molar-refractivity contribution is -0.176. The molecule has 0 amide bonds. The van der Waals surface area contributed by atoms with Gasteiger partial charge in [-0.2, -0.15) is 0 Å². The molecule has 6 nitrogen and oxygen atoms in total. The van der Waals surface area contributed by atoms with Gasteiger partial charge in [0.2, 0.25) is 0 Å². The number of benzene rings is 1. The number of hydrogen-bond donors (Lipinski definition) is 1. The number of esters is 2. The molecule has 1 aromatic rings. The molecule has 154 valence electrons. The molecule has 1 aliphatic carbocycles. The van der Waals surface area contributed by atoms with Gasteiger partial charge in [-0.3, -0.25) is 14.4 Å². The zero-order valence-corrected chi connectivity index (χ0v) is 17.5. The monoisotopic (exact) mass is 410 g/mol. The number of Topliss-reactive ketones (excluding diaryl/α,β-unsaturated/α-hetero) is 1. The van der Waals surface area contributed by atoms with Gasteiger partial charge in [0, 0.05) is 17.4 Å². The predicted molar refractivity (Wildman–Crippen MR) is 104 cm³/mol. The van der Waals surface area contributed by atoms with Crippen molar-refractivity contribution in [3.8, 4) is 0 Å². The van der Waals surface area contributed by atoms with E-state index < -0.39 is 53.3 Å². The van der Waals surface area contributed by atoms with Crippen LogP contribution in [0.5, 0.6) is 0 Å². The Morgan fingerprint density at radius 3 is 2.07 bits per heavy atom. The second-order valence-electron chi connectivity index (χ2n) is 8.00. The Kier molecular flexibility index (Phi) is 6.88. The fraction of sp³-hybridized carbons (Fsp3) is 0.571. The fourth-order valence-electron chi connectivity index (χ4n) is 3.71.